The molecule has 0 unspecified atom stereocenters. The van der Waals surface area contributed by atoms with Crippen molar-refractivity contribution in [3.05, 3.63) is 46.0 Å². The second-order valence-electron chi connectivity index (χ2n) is 4.72. The Morgan fingerprint density at radius 3 is 2.74 bits per heavy atom. The summed E-state index contributed by atoms with van der Waals surface area (Å²) < 4.78 is 10.3. The van der Waals surface area contributed by atoms with E-state index < -0.39 is 0 Å². The number of esters is 2. The van der Waals surface area contributed by atoms with Crippen molar-refractivity contribution >= 4 is 35.0 Å². The fraction of sp³-hybridized carbons (Fsp3) is 0.312. The van der Waals surface area contributed by atoms with Crippen LogP contribution in [0.25, 0.3) is 0 Å². The Morgan fingerprint density at radius 2 is 2.04 bits per heavy atom. The number of carbonyl (C=O) groups excluding carboxylic acids is 2. The van der Waals surface area contributed by atoms with Gasteiger partial charge >= 0.3 is 11.9 Å². The van der Waals surface area contributed by atoms with E-state index in [2.05, 4.69) is 9.72 Å². The molecule has 7 heteroatoms. The minimum atomic E-state index is -0.345. The summed E-state index contributed by atoms with van der Waals surface area (Å²) in [6, 6.07) is 7.32. The fourth-order valence-electron chi connectivity index (χ4n) is 1.88. The molecule has 1 heterocycles. The highest BCUT2D eigenvalue weighted by atomic mass is 32.2. The first kappa shape index (κ1) is 17.5. The van der Waals surface area contributed by atoms with Gasteiger partial charge in [-0.2, -0.15) is 0 Å². The molecule has 0 aliphatic carbocycles. The Bertz CT molecular complexity index is 712. The monoisotopic (exact) mass is 351 g/mol. The minimum Gasteiger partial charge on any atom is -0.469 e. The average Bonchev–Trinajstić information content (AvgIpc) is 2.92. The predicted octanol–water partition coefficient (Wildman–Crippen LogP) is 3.25. The summed E-state index contributed by atoms with van der Waals surface area (Å²) in [6.07, 6.45) is 0.248. The SMILES string of the molecule is COC(=O)Cc1sc(SCc2cccc(C(=O)OC)c2)nc1C. The van der Waals surface area contributed by atoms with Gasteiger partial charge in [-0.1, -0.05) is 23.9 Å². The van der Waals surface area contributed by atoms with E-state index in [1.54, 1.807) is 17.8 Å². The van der Waals surface area contributed by atoms with Gasteiger partial charge in [0.25, 0.3) is 0 Å². The average molecular weight is 351 g/mol. The Hall–Kier alpha value is -1.86. The predicted molar refractivity (Wildman–Crippen MR) is 89.9 cm³/mol. The van der Waals surface area contributed by atoms with Gasteiger partial charge in [0.2, 0.25) is 0 Å². The summed E-state index contributed by atoms with van der Waals surface area (Å²) >= 11 is 3.07. The lowest BCUT2D eigenvalue weighted by Gasteiger charge is -2.02. The topological polar surface area (TPSA) is 65.5 Å². The van der Waals surface area contributed by atoms with Crippen LogP contribution in [0.4, 0.5) is 0 Å². The molecule has 0 aliphatic heterocycles. The molecule has 0 saturated carbocycles. The maximum absolute atomic E-state index is 11.5. The number of hydrogen-bond donors (Lipinski definition) is 0. The molecule has 0 spiro atoms. The molecule has 2 rings (SSSR count). The number of ether oxygens (including phenoxy) is 2. The number of aromatic nitrogens is 1. The van der Waals surface area contributed by atoms with E-state index in [0.29, 0.717) is 11.3 Å². The van der Waals surface area contributed by atoms with E-state index in [1.165, 1.54) is 25.6 Å². The van der Waals surface area contributed by atoms with Crippen LogP contribution < -0.4 is 0 Å². The number of nitrogens with zero attached hydrogens (tertiary/aromatic N) is 1. The molecule has 1 aromatic heterocycles. The molecule has 0 fully saturated rings. The smallest absolute Gasteiger partial charge is 0.337 e. The third-order valence-corrected chi connectivity index (χ3v) is 5.49. The summed E-state index contributed by atoms with van der Waals surface area (Å²) in [4.78, 5) is 28.3. The Morgan fingerprint density at radius 1 is 1.26 bits per heavy atom. The van der Waals surface area contributed by atoms with E-state index in [4.69, 9.17) is 4.74 Å². The molecule has 5 nitrogen and oxygen atoms in total. The number of benzene rings is 1. The van der Waals surface area contributed by atoms with Crippen LogP contribution in [0.15, 0.2) is 28.6 Å². The van der Waals surface area contributed by atoms with Crippen LogP contribution in [0, 0.1) is 6.92 Å². The van der Waals surface area contributed by atoms with Crippen LogP contribution in [-0.2, 0) is 26.4 Å². The quantitative estimate of drug-likeness (QED) is 0.588. The molecule has 122 valence electrons. The Labute approximate surface area is 143 Å². The van der Waals surface area contributed by atoms with Crippen molar-refractivity contribution in [2.45, 2.75) is 23.4 Å². The molecule has 0 saturated heterocycles. The first-order valence-electron chi connectivity index (χ1n) is 6.86. The molecule has 0 radical (unpaired) electrons. The van der Waals surface area contributed by atoms with Crippen molar-refractivity contribution in [1.29, 1.82) is 0 Å². The van der Waals surface area contributed by atoms with Crippen molar-refractivity contribution in [3.63, 3.8) is 0 Å². The standard InChI is InChI=1S/C16H17NO4S2/c1-10-13(8-14(18)20-2)23-16(17-10)22-9-11-5-4-6-12(7-11)15(19)21-3/h4-7H,8-9H2,1-3H3. The van der Waals surface area contributed by atoms with E-state index in [-0.39, 0.29) is 18.4 Å². The number of aryl methyl sites for hydroxylation is 1. The number of carbonyl (C=O) groups is 2. The highest BCUT2D eigenvalue weighted by Crippen LogP contribution is 2.30. The first-order chi connectivity index (χ1) is 11.0. The molecule has 23 heavy (non-hydrogen) atoms. The van der Waals surface area contributed by atoms with Crippen LogP contribution in [0.3, 0.4) is 0 Å². The highest BCUT2D eigenvalue weighted by molar-refractivity contribution is 8.00. The zero-order valence-electron chi connectivity index (χ0n) is 13.1. The number of thioether (sulfide) groups is 1. The van der Waals surface area contributed by atoms with Crippen molar-refractivity contribution in [1.82, 2.24) is 4.98 Å². The summed E-state index contributed by atoms with van der Waals surface area (Å²) in [7, 11) is 2.74. The maximum Gasteiger partial charge on any atom is 0.337 e. The number of rotatable bonds is 6. The minimum absolute atomic E-state index is 0.248. The van der Waals surface area contributed by atoms with Gasteiger partial charge in [0.1, 0.15) is 0 Å². The molecule has 0 aliphatic rings. The fourth-order valence-corrected chi connectivity index (χ4v) is 4.04. The molecular formula is C16H17NO4S2. The second-order valence-corrected chi connectivity index (χ2v) is 7.03. The molecule has 2 aromatic rings. The molecule has 0 bridgehead atoms. The molecule has 1 aromatic carbocycles. The van der Waals surface area contributed by atoms with Gasteiger partial charge in [0.15, 0.2) is 4.34 Å². The summed E-state index contributed by atoms with van der Waals surface area (Å²) in [5.41, 5.74) is 2.40. The number of thiazole rings is 1. The van der Waals surface area contributed by atoms with Gasteiger partial charge in [0.05, 0.1) is 31.9 Å². The second kappa shape index (κ2) is 8.12. The van der Waals surface area contributed by atoms with E-state index in [0.717, 1.165) is 20.5 Å². The van der Waals surface area contributed by atoms with Crippen LogP contribution in [0.2, 0.25) is 0 Å². The highest BCUT2D eigenvalue weighted by Gasteiger charge is 2.13. The van der Waals surface area contributed by atoms with Crippen molar-refractivity contribution in [2.75, 3.05) is 14.2 Å². The third-order valence-electron chi connectivity index (χ3n) is 3.12. The molecule has 0 atom stereocenters. The lowest BCUT2D eigenvalue weighted by molar-refractivity contribution is -0.139. The lowest BCUT2D eigenvalue weighted by atomic mass is 10.1. The van der Waals surface area contributed by atoms with Crippen LogP contribution in [0.5, 0.6) is 0 Å². The number of methoxy groups -OCH3 is 2. The van der Waals surface area contributed by atoms with E-state index in [9.17, 15) is 9.59 Å². The normalized spacial score (nSPS) is 10.4. The maximum atomic E-state index is 11.5. The van der Waals surface area contributed by atoms with Crippen molar-refractivity contribution < 1.29 is 19.1 Å². The Balaban J connectivity index is 2.02. The third kappa shape index (κ3) is 4.80. The van der Waals surface area contributed by atoms with E-state index in [1.807, 2.05) is 25.1 Å². The van der Waals surface area contributed by atoms with Gasteiger partial charge in [0, 0.05) is 10.6 Å². The summed E-state index contributed by atoms with van der Waals surface area (Å²) in [5, 5.41) is 0. The van der Waals surface area contributed by atoms with Crippen LogP contribution in [-0.4, -0.2) is 31.1 Å². The summed E-state index contributed by atoms with van der Waals surface area (Å²) in [6.45, 7) is 1.89. The number of hydrogen-bond acceptors (Lipinski definition) is 7. The first-order valence-corrected chi connectivity index (χ1v) is 8.67. The van der Waals surface area contributed by atoms with Crippen LogP contribution >= 0.6 is 23.1 Å². The molecule has 0 amide bonds. The molecular weight excluding hydrogens is 334 g/mol. The van der Waals surface area contributed by atoms with Crippen LogP contribution in [0.1, 0.15) is 26.5 Å². The largest absolute Gasteiger partial charge is 0.469 e. The van der Waals surface area contributed by atoms with Crippen molar-refractivity contribution in [3.8, 4) is 0 Å². The Kier molecular flexibility index (Phi) is 6.18. The molecule has 0 N–H and O–H groups in total. The van der Waals surface area contributed by atoms with E-state index >= 15 is 0 Å². The van der Waals surface area contributed by atoms with Gasteiger partial charge in [-0.25, -0.2) is 9.78 Å². The van der Waals surface area contributed by atoms with Gasteiger partial charge in [-0.3, -0.25) is 4.79 Å². The van der Waals surface area contributed by atoms with Gasteiger partial charge in [-0.05, 0) is 24.6 Å². The lowest BCUT2D eigenvalue weighted by Crippen LogP contribution is -2.03. The summed E-state index contributed by atoms with van der Waals surface area (Å²) in [5.74, 6) is 0.0801. The van der Waals surface area contributed by atoms with Gasteiger partial charge in [-0.15, -0.1) is 11.3 Å². The van der Waals surface area contributed by atoms with Crippen molar-refractivity contribution in [2.24, 2.45) is 0 Å². The zero-order valence-corrected chi connectivity index (χ0v) is 14.8. The van der Waals surface area contributed by atoms with Gasteiger partial charge < -0.3 is 9.47 Å². The zero-order chi connectivity index (χ0) is 16.8.